The summed E-state index contributed by atoms with van der Waals surface area (Å²) in [5, 5.41) is 0. The first kappa shape index (κ1) is 10.3. The second kappa shape index (κ2) is 4.45. The van der Waals surface area contributed by atoms with Gasteiger partial charge in [-0.2, -0.15) is 0 Å². The molecule has 0 atom stereocenters. The molecule has 1 aromatic heterocycles. The average Bonchev–Trinajstić information content (AvgIpc) is 2.18. The predicted molar refractivity (Wildman–Crippen MR) is 48.0 cm³/mol. The second-order valence-corrected chi connectivity index (χ2v) is 2.56. The van der Waals surface area contributed by atoms with E-state index in [1.54, 1.807) is 6.92 Å². The fourth-order valence-corrected chi connectivity index (χ4v) is 0.968. The fourth-order valence-electron chi connectivity index (χ4n) is 0.968. The molecule has 5 nitrogen and oxygen atoms in total. The quantitative estimate of drug-likeness (QED) is 0.527. The summed E-state index contributed by atoms with van der Waals surface area (Å²) in [6, 6.07) is 0. The van der Waals surface area contributed by atoms with Gasteiger partial charge in [0.25, 0.3) is 0 Å². The van der Waals surface area contributed by atoms with Crippen LogP contribution in [0.3, 0.4) is 0 Å². The third-order valence-electron chi connectivity index (χ3n) is 1.54. The van der Waals surface area contributed by atoms with Gasteiger partial charge in [-0.05, 0) is 6.92 Å². The molecule has 0 saturated heterocycles. The molecular formula is C9H10N2O3. The molecule has 1 aromatic rings. The molecule has 0 saturated carbocycles. The Morgan fingerprint density at radius 2 is 2.21 bits per heavy atom. The van der Waals surface area contributed by atoms with Crippen molar-refractivity contribution in [1.82, 2.24) is 9.97 Å². The number of nitrogens with zero attached hydrogens (tertiary/aromatic N) is 2. The van der Waals surface area contributed by atoms with E-state index in [9.17, 15) is 9.59 Å². The Balaban J connectivity index is 3.07. The van der Waals surface area contributed by atoms with Crippen LogP contribution in [0.2, 0.25) is 0 Å². The van der Waals surface area contributed by atoms with Crippen molar-refractivity contribution in [2.45, 2.75) is 13.8 Å². The van der Waals surface area contributed by atoms with Gasteiger partial charge >= 0.3 is 5.97 Å². The molecule has 0 aliphatic rings. The van der Waals surface area contributed by atoms with E-state index in [-0.39, 0.29) is 23.6 Å². The summed E-state index contributed by atoms with van der Waals surface area (Å²) in [5.74, 6) is -0.853. The molecule has 0 aliphatic carbocycles. The Hall–Kier alpha value is -1.78. The normalized spacial score (nSPS) is 9.57. The van der Waals surface area contributed by atoms with Crippen molar-refractivity contribution in [2.75, 3.05) is 6.61 Å². The number of aromatic nitrogens is 2. The first-order valence-electron chi connectivity index (χ1n) is 4.15. The number of rotatable bonds is 3. The molecule has 5 heteroatoms. The summed E-state index contributed by atoms with van der Waals surface area (Å²) < 4.78 is 4.75. The van der Waals surface area contributed by atoms with Crippen LogP contribution in [0.1, 0.15) is 34.7 Å². The van der Waals surface area contributed by atoms with Crippen LogP contribution in [0.15, 0.2) is 12.5 Å². The van der Waals surface area contributed by atoms with E-state index in [1.807, 2.05) is 0 Å². The van der Waals surface area contributed by atoms with Crippen molar-refractivity contribution < 1.29 is 14.3 Å². The van der Waals surface area contributed by atoms with Crippen LogP contribution in [-0.4, -0.2) is 28.3 Å². The number of ketones is 1. The van der Waals surface area contributed by atoms with E-state index in [0.717, 1.165) is 0 Å². The van der Waals surface area contributed by atoms with Gasteiger partial charge in [0.1, 0.15) is 17.6 Å². The van der Waals surface area contributed by atoms with Crippen LogP contribution in [0.25, 0.3) is 0 Å². The van der Waals surface area contributed by atoms with Gasteiger partial charge in [-0.15, -0.1) is 0 Å². The van der Waals surface area contributed by atoms with Gasteiger partial charge in [-0.25, -0.2) is 14.8 Å². The van der Waals surface area contributed by atoms with E-state index in [1.165, 1.54) is 19.4 Å². The minimum absolute atomic E-state index is 0.0958. The van der Waals surface area contributed by atoms with Crippen molar-refractivity contribution in [3.8, 4) is 0 Å². The zero-order chi connectivity index (χ0) is 10.6. The first-order chi connectivity index (χ1) is 6.66. The Morgan fingerprint density at radius 3 is 2.79 bits per heavy atom. The number of Topliss-reactive ketones (excluding diaryl/α,β-unsaturated/α-hetero) is 1. The lowest BCUT2D eigenvalue weighted by Crippen LogP contribution is -2.12. The molecule has 0 radical (unpaired) electrons. The fraction of sp³-hybridized carbons (Fsp3) is 0.333. The van der Waals surface area contributed by atoms with Gasteiger partial charge in [0.15, 0.2) is 5.78 Å². The van der Waals surface area contributed by atoms with Gasteiger partial charge in [0.2, 0.25) is 0 Å². The molecule has 0 spiro atoms. The highest BCUT2D eigenvalue weighted by molar-refractivity contribution is 6.03. The van der Waals surface area contributed by atoms with Crippen molar-refractivity contribution >= 4 is 11.8 Å². The minimum Gasteiger partial charge on any atom is -0.462 e. The standard InChI is InChI=1S/C9H10N2O3/c1-3-14-9(13)7-4-10-5-11-8(7)6(2)12/h4-5H,3H2,1-2H3. The highest BCUT2D eigenvalue weighted by atomic mass is 16.5. The molecule has 0 aliphatic heterocycles. The smallest absolute Gasteiger partial charge is 0.342 e. The maximum absolute atomic E-state index is 11.3. The van der Waals surface area contributed by atoms with Crippen LogP contribution in [0.4, 0.5) is 0 Å². The van der Waals surface area contributed by atoms with Crippen molar-refractivity contribution in [3.05, 3.63) is 23.8 Å². The van der Waals surface area contributed by atoms with Gasteiger partial charge in [0.05, 0.1) is 6.61 Å². The van der Waals surface area contributed by atoms with Crippen LogP contribution >= 0.6 is 0 Å². The zero-order valence-corrected chi connectivity index (χ0v) is 7.98. The third kappa shape index (κ3) is 2.12. The summed E-state index contributed by atoms with van der Waals surface area (Å²) >= 11 is 0. The molecule has 0 aromatic carbocycles. The summed E-state index contributed by atoms with van der Waals surface area (Å²) in [4.78, 5) is 29.8. The van der Waals surface area contributed by atoms with E-state index in [0.29, 0.717) is 0 Å². The molecule has 1 rings (SSSR count). The van der Waals surface area contributed by atoms with E-state index >= 15 is 0 Å². The maximum atomic E-state index is 11.3. The highest BCUT2D eigenvalue weighted by Gasteiger charge is 2.16. The molecular weight excluding hydrogens is 184 g/mol. The monoisotopic (exact) mass is 194 g/mol. The Bertz CT molecular complexity index is 363. The predicted octanol–water partition coefficient (Wildman–Crippen LogP) is 0.856. The van der Waals surface area contributed by atoms with Crippen LogP contribution in [0.5, 0.6) is 0 Å². The molecule has 0 bridgehead atoms. The molecule has 14 heavy (non-hydrogen) atoms. The topological polar surface area (TPSA) is 69.2 Å². The van der Waals surface area contributed by atoms with Crippen LogP contribution in [0, 0.1) is 0 Å². The Kier molecular flexibility index (Phi) is 3.28. The van der Waals surface area contributed by atoms with Crippen molar-refractivity contribution in [2.24, 2.45) is 0 Å². The summed E-state index contributed by atoms with van der Waals surface area (Å²) in [5.41, 5.74) is 0.209. The molecule has 0 N–H and O–H groups in total. The lowest BCUT2D eigenvalue weighted by atomic mass is 10.2. The van der Waals surface area contributed by atoms with E-state index < -0.39 is 5.97 Å². The SMILES string of the molecule is CCOC(=O)c1cncnc1C(C)=O. The highest BCUT2D eigenvalue weighted by Crippen LogP contribution is 2.06. The van der Waals surface area contributed by atoms with Crippen LogP contribution < -0.4 is 0 Å². The van der Waals surface area contributed by atoms with Gasteiger partial charge in [-0.1, -0.05) is 0 Å². The van der Waals surface area contributed by atoms with Crippen LogP contribution in [-0.2, 0) is 4.74 Å². The van der Waals surface area contributed by atoms with E-state index in [4.69, 9.17) is 4.74 Å². The largest absolute Gasteiger partial charge is 0.462 e. The second-order valence-electron chi connectivity index (χ2n) is 2.56. The van der Waals surface area contributed by atoms with Crippen molar-refractivity contribution in [1.29, 1.82) is 0 Å². The molecule has 0 unspecified atom stereocenters. The number of hydrogen-bond donors (Lipinski definition) is 0. The van der Waals surface area contributed by atoms with E-state index in [2.05, 4.69) is 9.97 Å². The lowest BCUT2D eigenvalue weighted by Gasteiger charge is -2.03. The number of carbonyl (C=O) groups excluding carboxylic acids is 2. The number of ether oxygens (including phenoxy) is 1. The Morgan fingerprint density at radius 1 is 1.50 bits per heavy atom. The van der Waals surface area contributed by atoms with Gasteiger partial charge in [-0.3, -0.25) is 4.79 Å². The van der Waals surface area contributed by atoms with Crippen molar-refractivity contribution in [3.63, 3.8) is 0 Å². The summed E-state index contributed by atoms with van der Waals surface area (Å²) in [7, 11) is 0. The summed E-state index contributed by atoms with van der Waals surface area (Å²) in [6.45, 7) is 3.28. The molecule has 0 amide bonds. The average molecular weight is 194 g/mol. The number of carbonyl (C=O) groups is 2. The first-order valence-corrected chi connectivity index (χ1v) is 4.15. The van der Waals surface area contributed by atoms with Gasteiger partial charge in [0, 0.05) is 13.1 Å². The molecule has 1 heterocycles. The maximum Gasteiger partial charge on any atom is 0.342 e. The Labute approximate surface area is 81.1 Å². The third-order valence-corrected chi connectivity index (χ3v) is 1.54. The molecule has 0 fully saturated rings. The summed E-state index contributed by atoms with van der Waals surface area (Å²) in [6.07, 6.45) is 2.50. The zero-order valence-electron chi connectivity index (χ0n) is 7.98. The number of hydrogen-bond acceptors (Lipinski definition) is 5. The lowest BCUT2D eigenvalue weighted by molar-refractivity contribution is 0.0522. The molecule has 74 valence electrons. The van der Waals surface area contributed by atoms with Gasteiger partial charge < -0.3 is 4.74 Å². The minimum atomic E-state index is -0.571. The number of esters is 1.